The van der Waals surface area contributed by atoms with Crippen LogP contribution in [0, 0.1) is 17.3 Å². The number of carbonyl (C=O) groups is 3. The molecule has 4 fully saturated rings. The molecule has 0 spiro atoms. The molecule has 0 aromatic carbocycles. The minimum Gasteiger partial charge on any atom is -0.463 e. The lowest BCUT2D eigenvalue weighted by Crippen LogP contribution is -2.56. The molecule has 5 rings (SSSR count). The predicted molar refractivity (Wildman–Crippen MR) is 106 cm³/mol. The summed E-state index contributed by atoms with van der Waals surface area (Å²) >= 11 is 6.83. The van der Waals surface area contributed by atoms with E-state index in [0.29, 0.717) is 35.9 Å². The molecule has 160 valence electrons. The first-order valence-electron chi connectivity index (χ1n) is 10.6. The van der Waals surface area contributed by atoms with Crippen molar-refractivity contribution in [3.63, 3.8) is 0 Å². The lowest BCUT2D eigenvalue weighted by Gasteiger charge is -2.58. The summed E-state index contributed by atoms with van der Waals surface area (Å²) in [6, 6.07) is -0.882. The third kappa shape index (κ3) is 3.74. The molecule has 4 bridgehead atoms. The van der Waals surface area contributed by atoms with Gasteiger partial charge in [0, 0.05) is 4.87 Å². The van der Waals surface area contributed by atoms with Crippen LogP contribution in [0.5, 0.6) is 0 Å². The quantitative estimate of drug-likeness (QED) is 0.505. The molecular formula is C21H29ClN2O5. The van der Waals surface area contributed by atoms with Crippen LogP contribution in [0.15, 0.2) is 11.3 Å². The van der Waals surface area contributed by atoms with E-state index in [9.17, 15) is 14.4 Å². The molecule has 29 heavy (non-hydrogen) atoms. The summed E-state index contributed by atoms with van der Waals surface area (Å²) in [6.45, 7) is 3.67. The van der Waals surface area contributed by atoms with Crippen LogP contribution in [0.1, 0.15) is 58.8 Å². The van der Waals surface area contributed by atoms with Crippen LogP contribution in [0.25, 0.3) is 0 Å². The van der Waals surface area contributed by atoms with E-state index in [1.807, 2.05) is 6.92 Å². The lowest BCUT2D eigenvalue weighted by atomic mass is 9.49. The normalized spacial score (nSPS) is 37.8. The smallest absolute Gasteiger partial charge is 0.338 e. The minimum absolute atomic E-state index is 0.150. The topological polar surface area (TPSA) is 93.7 Å². The molecule has 0 radical (unpaired) electrons. The van der Waals surface area contributed by atoms with E-state index in [1.54, 1.807) is 6.92 Å². The fourth-order valence-corrected chi connectivity index (χ4v) is 6.95. The number of hydrogen-bond donors (Lipinski definition) is 2. The van der Waals surface area contributed by atoms with Crippen LogP contribution in [0.4, 0.5) is 4.79 Å². The summed E-state index contributed by atoms with van der Waals surface area (Å²) in [5.41, 5.74) is 0.0937. The van der Waals surface area contributed by atoms with E-state index in [1.165, 1.54) is 0 Å². The van der Waals surface area contributed by atoms with Gasteiger partial charge in [0.1, 0.15) is 6.61 Å². The van der Waals surface area contributed by atoms with Gasteiger partial charge in [0.05, 0.1) is 29.3 Å². The molecule has 8 heteroatoms. The summed E-state index contributed by atoms with van der Waals surface area (Å²) in [5.74, 6) is 0.206. The second kappa shape index (κ2) is 7.49. The largest absolute Gasteiger partial charge is 0.463 e. The zero-order valence-electron chi connectivity index (χ0n) is 17.0. The maximum absolute atomic E-state index is 13.2. The van der Waals surface area contributed by atoms with Gasteiger partial charge in [0.15, 0.2) is 0 Å². The molecule has 5 aliphatic rings. The van der Waals surface area contributed by atoms with Gasteiger partial charge in [0.25, 0.3) is 0 Å². The van der Waals surface area contributed by atoms with Crippen molar-refractivity contribution in [2.75, 3.05) is 13.2 Å². The molecule has 0 aromatic heterocycles. The fourth-order valence-electron chi connectivity index (χ4n) is 6.26. The predicted octanol–water partition coefficient (Wildman–Crippen LogP) is 3.02. The number of rotatable bonds is 6. The molecule has 0 unspecified atom stereocenters. The van der Waals surface area contributed by atoms with Crippen molar-refractivity contribution in [3.05, 3.63) is 11.3 Å². The number of esters is 2. The number of carbonyl (C=O) groups excluding carboxylic acids is 3. The number of halogens is 1. The minimum atomic E-state index is -0.530. The van der Waals surface area contributed by atoms with E-state index in [4.69, 9.17) is 21.1 Å². The zero-order chi connectivity index (χ0) is 20.8. The highest BCUT2D eigenvalue weighted by molar-refractivity contribution is 6.24. The van der Waals surface area contributed by atoms with Gasteiger partial charge in [-0.05, 0) is 63.7 Å². The molecule has 7 nitrogen and oxygen atoms in total. The van der Waals surface area contributed by atoms with Crippen molar-refractivity contribution in [1.29, 1.82) is 0 Å². The van der Waals surface area contributed by atoms with Gasteiger partial charge in [-0.3, -0.25) is 4.79 Å². The second-order valence-corrected chi connectivity index (χ2v) is 9.94. The fraction of sp³-hybridized carbons (Fsp3) is 0.762. The van der Waals surface area contributed by atoms with Crippen molar-refractivity contribution in [1.82, 2.24) is 10.6 Å². The summed E-state index contributed by atoms with van der Waals surface area (Å²) in [6.07, 6.45) is 5.96. The van der Waals surface area contributed by atoms with Crippen molar-refractivity contribution >= 4 is 29.6 Å². The van der Waals surface area contributed by atoms with Crippen LogP contribution in [0.2, 0.25) is 0 Å². The van der Waals surface area contributed by atoms with E-state index in [0.717, 1.165) is 32.1 Å². The Labute approximate surface area is 175 Å². The molecule has 2 N–H and O–H groups in total. The van der Waals surface area contributed by atoms with Crippen molar-refractivity contribution < 1.29 is 23.9 Å². The Morgan fingerprint density at radius 3 is 2.41 bits per heavy atom. The van der Waals surface area contributed by atoms with Crippen LogP contribution in [0.3, 0.4) is 0 Å². The molecule has 1 heterocycles. The van der Waals surface area contributed by atoms with Gasteiger partial charge in [-0.15, -0.1) is 11.6 Å². The Balaban J connectivity index is 1.52. The van der Waals surface area contributed by atoms with Gasteiger partial charge in [-0.1, -0.05) is 6.92 Å². The maximum atomic E-state index is 13.2. The van der Waals surface area contributed by atoms with Crippen molar-refractivity contribution in [2.45, 2.75) is 69.7 Å². The number of ether oxygens (including phenoxy) is 2. The Hall–Kier alpha value is -1.76. The van der Waals surface area contributed by atoms with Gasteiger partial charge in [-0.25, -0.2) is 9.59 Å². The van der Waals surface area contributed by atoms with Crippen molar-refractivity contribution in [3.8, 4) is 0 Å². The molecular weight excluding hydrogens is 396 g/mol. The van der Waals surface area contributed by atoms with E-state index in [-0.39, 0.29) is 24.1 Å². The molecule has 4 aliphatic carbocycles. The number of hydrogen-bond acceptors (Lipinski definition) is 5. The highest BCUT2D eigenvalue weighted by atomic mass is 35.5. The van der Waals surface area contributed by atoms with Gasteiger partial charge >= 0.3 is 18.0 Å². The van der Waals surface area contributed by atoms with Gasteiger partial charge < -0.3 is 20.1 Å². The summed E-state index contributed by atoms with van der Waals surface area (Å²) in [5, 5.41) is 5.35. The number of amides is 2. The van der Waals surface area contributed by atoms with Gasteiger partial charge in [-0.2, -0.15) is 0 Å². The first kappa shape index (κ1) is 20.5. The Bertz CT molecular complexity index is 750. The Morgan fingerprint density at radius 2 is 1.83 bits per heavy atom. The summed E-state index contributed by atoms with van der Waals surface area (Å²) < 4.78 is 10.9. The second-order valence-electron chi connectivity index (χ2n) is 9.14. The molecule has 1 aliphatic heterocycles. The first-order chi connectivity index (χ1) is 13.8. The Kier molecular flexibility index (Phi) is 5.30. The zero-order valence-corrected chi connectivity index (χ0v) is 17.8. The maximum Gasteiger partial charge on any atom is 0.338 e. The molecule has 0 saturated heterocycles. The third-order valence-corrected chi connectivity index (χ3v) is 7.36. The average Bonchev–Trinajstić information content (AvgIpc) is 2.63. The van der Waals surface area contributed by atoms with E-state index < -0.39 is 23.5 Å². The molecule has 2 amide bonds. The number of alkyl halides is 1. The van der Waals surface area contributed by atoms with E-state index in [2.05, 4.69) is 10.6 Å². The SMILES string of the molecule is CCOC(=O)C1=C(COC(=O)C23C[C@@H]4C[C@H](CC(Cl)(C4)C2)C3)NC(=O)N[C@H]1CC. The van der Waals surface area contributed by atoms with Crippen LogP contribution < -0.4 is 10.6 Å². The van der Waals surface area contributed by atoms with Crippen LogP contribution >= 0.6 is 11.6 Å². The van der Waals surface area contributed by atoms with Crippen molar-refractivity contribution in [2.24, 2.45) is 17.3 Å². The summed E-state index contributed by atoms with van der Waals surface area (Å²) in [7, 11) is 0. The van der Waals surface area contributed by atoms with Gasteiger partial charge in [0.2, 0.25) is 0 Å². The molecule has 0 aromatic rings. The first-order valence-corrected chi connectivity index (χ1v) is 11.0. The van der Waals surface area contributed by atoms with Crippen LogP contribution in [-0.4, -0.2) is 42.1 Å². The summed E-state index contributed by atoms with van der Waals surface area (Å²) in [4.78, 5) is 37.4. The molecule has 3 atom stereocenters. The highest BCUT2D eigenvalue weighted by Crippen LogP contribution is 2.64. The highest BCUT2D eigenvalue weighted by Gasteiger charge is 2.60. The van der Waals surface area contributed by atoms with Crippen LogP contribution in [-0.2, 0) is 19.1 Å². The lowest BCUT2D eigenvalue weighted by molar-refractivity contribution is -0.169. The standard InChI is InChI=1S/C21H29ClN2O5/c1-3-14-16(17(25)28-4-2)15(24-19(27)23-14)10-29-18(26)20-6-12-5-13(7-20)9-21(22,8-12)11-20/h12-14H,3-11H2,1-2H3,(H2,23,24,27)/t12-,13-,14-,20?,21?/m0/s1. The Morgan fingerprint density at radius 1 is 1.14 bits per heavy atom. The van der Waals surface area contributed by atoms with E-state index >= 15 is 0 Å². The number of urea groups is 1. The molecule has 4 saturated carbocycles. The monoisotopic (exact) mass is 424 g/mol. The third-order valence-electron chi connectivity index (χ3n) is 6.92. The number of nitrogens with one attached hydrogen (secondary N) is 2. The average molecular weight is 425 g/mol.